The molecule has 13 rings (SSSR count). The Morgan fingerprint density at radius 1 is 0.556 bits per heavy atom. The van der Waals surface area contributed by atoms with E-state index in [0.29, 0.717) is 0 Å². The first-order chi connectivity index (χ1) is 30.0. The van der Waals surface area contributed by atoms with Gasteiger partial charge >= 0.3 is 6.85 Å². The fourth-order valence-corrected chi connectivity index (χ4v) is 12.9. The molecule has 63 heavy (non-hydrogen) atoms. The molecule has 5 heterocycles. The molecule has 0 N–H and O–H groups in total. The summed E-state index contributed by atoms with van der Waals surface area (Å²) in [5.41, 5.74) is 19.2. The molecule has 3 nitrogen and oxygen atoms in total. The van der Waals surface area contributed by atoms with Crippen LogP contribution in [0.25, 0.3) is 80.7 Å². The molecule has 3 aliphatic rings. The van der Waals surface area contributed by atoms with E-state index in [4.69, 9.17) is 4.42 Å². The SMILES string of the molecule is CC(C)(C)c1ccc(N2B3c4cc(C(C)(C)C)ccc4-n4c5cc6sc7ccccc7c6cc5c5ccc(c3c54)-c3cc4oc5cc6c(cc5c4cc32)C(C)(C)CCC6(C)C)cc1. The van der Waals surface area contributed by atoms with Gasteiger partial charge in [-0.3, -0.25) is 0 Å². The standard InChI is InChI=1S/C58H53BN2OS/c1-55(2,3)32-15-18-34(19-16-32)61-48-28-41-40-27-43-44(58(9,10)24-23-57(43,7)8)30-50(40)62-49(41)29-39(48)36-20-21-37-38-26-42-35-13-11-12-14-51(35)63-52(42)31-47(38)60-46-22-17-33(56(4,5)6)25-45(46)59(61)53(36)54(37)60/h11-22,25-31H,23-24H2,1-10H3. The second kappa shape index (κ2) is 12.1. The van der Waals surface area contributed by atoms with E-state index in [-0.39, 0.29) is 28.5 Å². The highest BCUT2D eigenvalue weighted by molar-refractivity contribution is 7.25. The lowest BCUT2D eigenvalue weighted by Gasteiger charge is -2.42. The quantitative estimate of drug-likeness (QED) is 0.154. The average molecular weight is 837 g/mol. The first-order valence-electron chi connectivity index (χ1n) is 23.0. The van der Waals surface area contributed by atoms with Crippen LogP contribution >= 0.6 is 11.3 Å². The molecule has 5 heteroatoms. The Morgan fingerprint density at radius 3 is 1.98 bits per heavy atom. The van der Waals surface area contributed by atoms with Crippen molar-refractivity contribution >= 4 is 104 Å². The van der Waals surface area contributed by atoms with Crippen molar-refractivity contribution in [2.24, 2.45) is 0 Å². The van der Waals surface area contributed by atoms with Crippen molar-refractivity contribution in [3.63, 3.8) is 0 Å². The van der Waals surface area contributed by atoms with E-state index in [1.165, 1.54) is 127 Å². The zero-order valence-corrected chi connectivity index (χ0v) is 39.0. The largest absolute Gasteiger partial charge is 0.456 e. The summed E-state index contributed by atoms with van der Waals surface area (Å²) >= 11 is 1.90. The third-order valence-electron chi connectivity index (χ3n) is 15.5. The molecule has 1 aliphatic carbocycles. The van der Waals surface area contributed by atoms with Gasteiger partial charge in [0.1, 0.15) is 11.2 Å². The molecule has 0 bridgehead atoms. The maximum absolute atomic E-state index is 7.01. The van der Waals surface area contributed by atoms with Crippen molar-refractivity contribution in [2.45, 2.75) is 104 Å². The first kappa shape index (κ1) is 37.8. The van der Waals surface area contributed by atoms with Gasteiger partial charge in [0.15, 0.2) is 0 Å². The highest BCUT2D eigenvalue weighted by Gasteiger charge is 2.45. The van der Waals surface area contributed by atoms with E-state index in [9.17, 15) is 0 Å². The van der Waals surface area contributed by atoms with Crippen LogP contribution in [0, 0.1) is 0 Å². The molecule has 0 saturated heterocycles. The van der Waals surface area contributed by atoms with E-state index >= 15 is 0 Å². The predicted molar refractivity (Wildman–Crippen MR) is 273 cm³/mol. The maximum atomic E-state index is 7.01. The monoisotopic (exact) mass is 836 g/mol. The van der Waals surface area contributed by atoms with Gasteiger partial charge in [-0.1, -0.05) is 124 Å². The molecule has 310 valence electrons. The van der Waals surface area contributed by atoms with Crippen LogP contribution in [0.15, 0.2) is 120 Å². The Bertz CT molecular complexity index is 3650. The summed E-state index contributed by atoms with van der Waals surface area (Å²) in [6.45, 7) is 23.6. The number of fused-ring (bicyclic) bond motifs is 15. The van der Waals surface area contributed by atoms with Crippen LogP contribution < -0.4 is 15.7 Å². The number of aromatic nitrogens is 1. The Labute approximate surface area is 374 Å². The van der Waals surface area contributed by atoms with Crippen LogP contribution in [0.5, 0.6) is 0 Å². The number of thiophene rings is 1. The minimum atomic E-state index is -0.0594. The Balaban J connectivity index is 1.17. The summed E-state index contributed by atoms with van der Waals surface area (Å²) in [5, 5.41) is 7.70. The molecule has 0 saturated carbocycles. The molecular weight excluding hydrogens is 784 g/mol. The van der Waals surface area contributed by atoms with Crippen LogP contribution in [0.1, 0.15) is 104 Å². The van der Waals surface area contributed by atoms with E-state index in [1.807, 2.05) is 11.3 Å². The zero-order chi connectivity index (χ0) is 43.3. The van der Waals surface area contributed by atoms with Gasteiger partial charge in [-0.2, -0.15) is 0 Å². The summed E-state index contributed by atoms with van der Waals surface area (Å²) in [4.78, 5) is 2.69. The van der Waals surface area contributed by atoms with Gasteiger partial charge in [-0.25, -0.2) is 0 Å². The Morgan fingerprint density at radius 2 is 1.24 bits per heavy atom. The molecule has 0 amide bonds. The fourth-order valence-electron chi connectivity index (χ4n) is 11.8. The molecular formula is C58H53BN2OS. The van der Waals surface area contributed by atoms with E-state index in [0.717, 1.165) is 11.2 Å². The van der Waals surface area contributed by atoms with Crippen LogP contribution in [0.4, 0.5) is 11.4 Å². The van der Waals surface area contributed by atoms with E-state index in [2.05, 4.69) is 194 Å². The zero-order valence-electron chi connectivity index (χ0n) is 38.2. The smallest absolute Gasteiger partial charge is 0.333 e. The van der Waals surface area contributed by atoms with Crippen molar-refractivity contribution in [3.05, 3.63) is 138 Å². The summed E-state index contributed by atoms with van der Waals surface area (Å²) < 4.78 is 12.3. The lowest BCUT2D eigenvalue weighted by Crippen LogP contribution is -2.60. The third-order valence-corrected chi connectivity index (χ3v) is 16.7. The van der Waals surface area contributed by atoms with Crippen molar-refractivity contribution in [3.8, 4) is 16.8 Å². The van der Waals surface area contributed by atoms with Crippen molar-refractivity contribution < 1.29 is 4.42 Å². The fraction of sp³-hybridized carbons (Fsp3) is 0.276. The normalized spacial score (nSPS) is 16.5. The Hall–Kier alpha value is -5.78. The summed E-state index contributed by atoms with van der Waals surface area (Å²) in [5.74, 6) is 0. The van der Waals surface area contributed by atoms with Gasteiger partial charge < -0.3 is 13.8 Å². The molecule has 0 fully saturated rings. The van der Waals surface area contributed by atoms with E-state index < -0.39 is 0 Å². The highest BCUT2D eigenvalue weighted by atomic mass is 32.1. The van der Waals surface area contributed by atoms with Gasteiger partial charge in [0, 0.05) is 64.3 Å². The summed E-state index contributed by atoms with van der Waals surface area (Å²) in [6, 6.07) is 45.2. The number of anilines is 2. The second-order valence-electron chi connectivity index (χ2n) is 22.4. The number of rotatable bonds is 1. The second-order valence-corrected chi connectivity index (χ2v) is 23.5. The van der Waals surface area contributed by atoms with Gasteiger partial charge in [0.2, 0.25) is 0 Å². The first-order valence-corrected chi connectivity index (χ1v) is 23.8. The molecule has 7 aromatic carbocycles. The number of benzene rings is 7. The topological polar surface area (TPSA) is 21.3 Å². The molecule has 0 radical (unpaired) electrons. The minimum absolute atomic E-state index is 0.0265. The number of hydrogen-bond donors (Lipinski definition) is 0. The molecule has 0 unspecified atom stereocenters. The predicted octanol–water partition coefficient (Wildman–Crippen LogP) is 15.2. The van der Waals surface area contributed by atoms with Gasteiger partial charge in [0.25, 0.3) is 0 Å². The number of nitrogens with zero attached hydrogens (tertiary/aromatic N) is 2. The van der Waals surface area contributed by atoms with Crippen LogP contribution in [0.2, 0.25) is 0 Å². The lowest BCUT2D eigenvalue weighted by molar-refractivity contribution is 0.332. The third kappa shape index (κ3) is 5.09. The van der Waals surface area contributed by atoms with Crippen LogP contribution in [-0.2, 0) is 21.7 Å². The molecule has 0 atom stereocenters. The van der Waals surface area contributed by atoms with E-state index in [1.54, 1.807) is 0 Å². The Kier molecular flexibility index (Phi) is 7.23. The van der Waals surface area contributed by atoms with Crippen molar-refractivity contribution in [1.82, 2.24) is 4.57 Å². The molecule has 0 spiro atoms. The average Bonchev–Trinajstić information content (AvgIpc) is 3.90. The van der Waals surface area contributed by atoms with Crippen molar-refractivity contribution in [2.75, 3.05) is 4.81 Å². The van der Waals surface area contributed by atoms with Gasteiger partial charge in [-0.05, 0) is 134 Å². The molecule has 10 aromatic rings. The van der Waals surface area contributed by atoms with Gasteiger partial charge in [0.05, 0.1) is 11.0 Å². The molecule has 2 aliphatic heterocycles. The van der Waals surface area contributed by atoms with Crippen LogP contribution in [-0.4, -0.2) is 11.4 Å². The summed E-state index contributed by atoms with van der Waals surface area (Å²) in [6.07, 6.45) is 2.35. The lowest BCUT2D eigenvalue weighted by atomic mass is 9.43. The van der Waals surface area contributed by atoms with Crippen molar-refractivity contribution in [1.29, 1.82) is 0 Å². The number of hydrogen-bond acceptors (Lipinski definition) is 3. The summed E-state index contributed by atoms with van der Waals surface area (Å²) in [7, 11) is 0. The number of furan rings is 1. The highest BCUT2D eigenvalue weighted by Crippen LogP contribution is 2.52. The minimum Gasteiger partial charge on any atom is -0.456 e. The molecule has 3 aromatic heterocycles. The van der Waals surface area contributed by atoms with Gasteiger partial charge in [-0.15, -0.1) is 11.3 Å². The van der Waals surface area contributed by atoms with Crippen LogP contribution in [0.3, 0.4) is 0 Å². The maximum Gasteiger partial charge on any atom is 0.333 e.